The van der Waals surface area contributed by atoms with Crippen LogP contribution in [-0.2, 0) is 6.42 Å². The molecule has 0 spiro atoms. The van der Waals surface area contributed by atoms with Crippen LogP contribution >= 0.6 is 0 Å². The van der Waals surface area contributed by atoms with Crippen molar-refractivity contribution in [1.29, 1.82) is 0 Å². The third-order valence-corrected chi connectivity index (χ3v) is 3.38. The minimum Gasteiger partial charge on any atom is -0.489 e. The molecule has 1 aliphatic carbocycles. The molecule has 0 saturated heterocycles. The van der Waals surface area contributed by atoms with Gasteiger partial charge in [-0.15, -0.1) is 6.58 Å². The van der Waals surface area contributed by atoms with Crippen LogP contribution in [0.5, 0.6) is 5.75 Å². The lowest BCUT2D eigenvalue weighted by molar-refractivity contribution is 0.293. The third kappa shape index (κ3) is 2.01. The Bertz CT molecular complexity index is 581. The van der Waals surface area contributed by atoms with E-state index in [1.54, 1.807) is 0 Å². The van der Waals surface area contributed by atoms with Crippen LogP contribution in [0.25, 0.3) is 11.0 Å². The normalized spacial score (nSPS) is 14.9. The smallest absolute Gasteiger partial charge is 0.209 e. The molecule has 0 N–H and O–H groups in total. The Morgan fingerprint density at radius 2 is 2.33 bits per heavy atom. The predicted octanol–water partition coefficient (Wildman–Crippen LogP) is 3.65. The molecule has 1 heterocycles. The number of allylic oxidation sites excluding steroid dienone is 1. The first kappa shape index (κ1) is 11.3. The first-order chi connectivity index (χ1) is 8.79. The van der Waals surface area contributed by atoms with Crippen LogP contribution in [-0.4, -0.2) is 11.8 Å². The van der Waals surface area contributed by atoms with Gasteiger partial charge in [-0.3, -0.25) is 0 Å². The van der Waals surface area contributed by atoms with Crippen molar-refractivity contribution in [1.82, 2.24) is 5.16 Å². The number of nitrogens with zero attached hydrogens (tertiary/aromatic N) is 1. The summed E-state index contributed by atoms with van der Waals surface area (Å²) in [7, 11) is 0. The first-order valence-corrected chi connectivity index (χ1v) is 6.41. The number of hydrogen-bond donors (Lipinski definition) is 0. The van der Waals surface area contributed by atoms with Crippen LogP contribution in [0.4, 0.5) is 0 Å². The van der Waals surface area contributed by atoms with Gasteiger partial charge in [0.15, 0.2) is 5.75 Å². The molecule has 0 radical (unpaired) electrons. The molecule has 2 aromatic rings. The number of aryl methyl sites for hydroxylation is 1. The Morgan fingerprint density at radius 1 is 1.50 bits per heavy atom. The second kappa shape index (κ2) is 4.48. The highest BCUT2D eigenvalue weighted by Crippen LogP contribution is 2.35. The van der Waals surface area contributed by atoms with Gasteiger partial charge >= 0.3 is 0 Å². The van der Waals surface area contributed by atoms with Crippen molar-refractivity contribution in [3.05, 3.63) is 36.0 Å². The van der Waals surface area contributed by atoms with Gasteiger partial charge in [-0.1, -0.05) is 17.3 Å². The number of benzene rings is 1. The summed E-state index contributed by atoms with van der Waals surface area (Å²) < 4.78 is 11.4. The zero-order chi connectivity index (χ0) is 12.5. The maximum absolute atomic E-state index is 5.96. The summed E-state index contributed by atoms with van der Waals surface area (Å²) in [6, 6.07) is 4.13. The summed E-state index contributed by atoms with van der Waals surface area (Å²) in [5, 5.41) is 5.06. The Hall–Kier alpha value is -1.77. The van der Waals surface area contributed by atoms with Crippen molar-refractivity contribution in [2.45, 2.75) is 26.2 Å². The zero-order valence-corrected chi connectivity index (χ0v) is 10.6. The molecule has 3 nitrogen and oxygen atoms in total. The van der Waals surface area contributed by atoms with Gasteiger partial charge in [0.2, 0.25) is 5.58 Å². The minimum absolute atomic E-state index is 0.723. The highest BCUT2D eigenvalue weighted by molar-refractivity contribution is 5.86. The Balaban J connectivity index is 2.02. The van der Waals surface area contributed by atoms with Crippen molar-refractivity contribution in [2.24, 2.45) is 5.92 Å². The maximum atomic E-state index is 5.96. The van der Waals surface area contributed by atoms with Gasteiger partial charge in [0.25, 0.3) is 0 Å². The average Bonchev–Trinajstić information content (AvgIpc) is 3.12. The van der Waals surface area contributed by atoms with Crippen LogP contribution in [0.1, 0.15) is 24.1 Å². The van der Waals surface area contributed by atoms with E-state index in [1.165, 1.54) is 12.8 Å². The second-order valence-electron chi connectivity index (χ2n) is 4.95. The monoisotopic (exact) mass is 243 g/mol. The van der Waals surface area contributed by atoms with Crippen LogP contribution in [0, 0.1) is 12.8 Å². The van der Waals surface area contributed by atoms with E-state index in [1.807, 2.05) is 19.1 Å². The van der Waals surface area contributed by atoms with Crippen molar-refractivity contribution < 1.29 is 9.26 Å². The number of fused-ring (bicyclic) bond motifs is 1. The lowest BCUT2D eigenvalue weighted by Gasteiger charge is -2.10. The molecule has 3 rings (SSSR count). The number of rotatable bonds is 5. The summed E-state index contributed by atoms with van der Waals surface area (Å²) in [6.45, 7) is 6.52. The van der Waals surface area contributed by atoms with Crippen molar-refractivity contribution in [3.8, 4) is 5.75 Å². The Morgan fingerprint density at radius 3 is 3.06 bits per heavy atom. The predicted molar refractivity (Wildman–Crippen MR) is 70.9 cm³/mol. The summed E-state index contributed by atoms with van der Waals surface area (Å²) in [5.74, 6) is 1.57. The summed E-state index contributed by atoms with van der Waals surface area (Å²) >= 11 is 0. The molecule has 1 fully saturated rings. The topological polar surface area (TPSA) is 35.3 Å². The largest absolute Gasteiger partial charge is 0.489 e. The van der Waals surface area contributed by atoms with Gasteiger partial charge in [0.05, 0.1) is 12.3 Å². The fourth-order valence-electron chi connectivity index (χ4n) is 2.10. The highest BCUT2D eigenvalue weighted by atomic mass is 16.5. The van der Waals surface area contributed by atoms with E-state index < -0.39 is 0 Å². The van der Waals surface area contributed by atoms with E-state index >= 15 is 0 Å². The lowest BCUT2D eigenvalue weighted by atomic mass is 10.1. The fourth-order valence-corrected chi connectivity index (χ4v) is 2.10. The molecule has 1 saturated carbocycles. The van der Waals surface area contributed by atoms with E-state index in [0.717, 1.165) is 46.9 Å². The average molecular weight is 243 g/mol. The standard InChI is InChI=1S/C15H17NO2/c1-3-4-12-7-8-13-10(2)16-18-15(13)14(12)17-9-11-5-6-11/h3,7-8,11H,1,4-6,9H2,2H3. The molecule has 0 amide bonds. The third-order valence-electron chi connectivity index (χ3n) is 3.38. The summed E-state index contributed by atoms with van der Waals surface area (Å²) in [5.41, 5.74) is 2.80. The van der Waals surface area contributed by atoms with Gasteiger partial charge in [-0.2, -0.15) is 0 Å². The van der Waals surface area contributed by atoms with Crippen LogP contribution in [0.15, 0.2) is 29.3 Å². The molecule has 1 aromatic heterocycles. The van der Waals surface area contributed by atoms with E-state index in [0.29, 0.717) is 0 Å². The van der Waals surface area contributed by atoms with E-state index in [9.17, 15) is 0 Å². The molecule has 0 unspecified atom stereocenters. The maximum Gasteiger partial charge on any atom is 0.209 e. The molecule has 94 valence electrons. The molecular weight excluding hydrogens is 226 g/mol. The molecule has 0 aliphatic heterocycles. The van der Waals surface area contributed by atoms with Gasteiger partial charge in [-0.05, 0) is 38.2 Å². The lowest BCUT2D eigenvalue weighted by Crippen LogP contribution is -2.02. The summed E-state index contributed by atoms with van der Waals surface area (Å²) in [4.78, 5) is 0. The number of ether oxygens (including phenoxy) is 1. The van der Waals surface area contributed by atoms with Crippen molar-refractivity contribution >= 4 is 11.0 Å². The van der Waals surface area contributed by atoms with Gasteiger partial charge in [0, 0.05) is 10.9 Å². The van der Waals surface area contributed by atoms with E-state index in [2.05, 4.69) is 17.8 Å². The van der Waals surface area contributed by atoms with Crippen molar-refractivity contribution in [3.63, 3.8) is 0 Å². The highest BCUT2D eigenvalue weighted by Gasteiger charge is 2.23. The minimum atomic E-state index is 0.723. The van der Waals surface area contributed by atoms with Crippen LogP contribution in [0.3, 0.4) is 0 Å². The SMILES string of the molecule is C=CCc1ccc2c(C)noc2c1OCC1CC1. The first-order valence-electron chi connectivity index (χ1n) is 6.41. The van der Waals surface area contributed by atoms with Crippen LogP contribution in [0.2, 0.25) is 0 Å². The number of aromatic nitrogens is 1. The molecule has 18 heavy (non-hydrogen) atoms. The molecule has 3 heteroatoms. The van der Waals surface area contributed by atoms with Gasteiger partial charge in [0.1, 0.15) is 0 Å². The molecule has 1 aliphatic rings. The van der Waals surface area contributed by atoms with E-state index in [4.69, 9.17) is 9.26 Å². The van der Waals surface area contributed by atoms with Gasteiger partial charge in [-0.25, -0.2) is 0 Å². The fraction of sp³-hybridized carbons (Fsp3) is 0.400. The molecular formula is C15H17NO2. The number of hydrogen-bond acceptors (Lipinski definition) is 3. The Labute approximate surface area is 106 Å². The van der Waals surface area contributed by atoms with E-state index in [-0.39, 0.29) is 0 Å². The molecule has 1 aromatic carbocycles. The second-order valence-corrected chi connectivity index (χ2v) is 4.95. The summed E-state index contributed by atoms with van der Waals surface area (Å²) in [6.07, 6.45) is 5.23. The molecule has 0 atom stereocenters. The quantitative estimate of drug-likeness (QED) is 0.752. The Kier molecular flexibility index (Phi) is 2.82. The molecule has 0 bridgehead atoms. The zero-order valence-electron chi connectivity index (χ0n) is 10.6. The van der Waals surface area contributed by atoms with Crippen molar-refractivity contribution in [2.75, 3.05) is 6.61 Å². The van der Waals surface area contributed by atoms with Gasteiger partial charge < -0.3 is 9.26 Å². The van der Waals surface area contributed by atoms with Crippen LogP contribution < -0.4 is 4.74 Å².